The molecule has 0 fully saturated rings. The van der Waals surface area contributed by atoms with Crippen molar-refractivity contribution in [2.75, 3.05) is 0 Å². The third kappa shape index (κ3) is 29.1. The van der Waals surface area contributed by atoms with Crippen LogP contribution in [-0.4, -0.2) is 22.2 Å². The molecular formula is C33H62O4. The van der Waals surface area contributed by atoms with E-state index in [1.54, 1.807) is 0 Å². The molecule has 0 spiro atoms. The second-order valence-corrected chi connectivity index (χ2v) is 11.2. The third-order valence-electron chi connectivity index (χ3n) is 7.56. The number of hydrogen-bond acceptors (Lipinski definition) is 2. The normalized spacial score (nSPS) is 11.8. The molecule has 4 nitrogen and oxygen atoms in total. The van der Waals surface area contributed by atoms with Gasteiger partial charge in [-0.25, -0.2) is 4.79 Å². The largest absolute Gasteiger partial charge is 0.481 e. The molecule has 0 aromatic carbocycles. The summed E-state index contributed by atoms with van der Waals surface area (Å²) < 4.78 is 0. The molecule has 0 heterocycles. The molecule has 0 saturated carbocycles. The van der Waals surface area contributed by atoms with Gasteiger partial charge in [0.25, 0.3) is 0 Å². The molecule has 0 radical (unpaired) electrons. The number of carboxylic acid groups (broad SMARTS) is 2. The summed E-state index contributed by atoms with van der Waals surface area (Å²) >= 11 is 0. The van der Waals surface area contributed by atoms with E-state index in [4.69, 9.17) is 5.11 Å². The molecule has 0 aliphatic rings. The maximum absolute atomic E-state index is 11.5. The standard InChI is InChI=1S/C33H62O4/c1-2-3-4-5-6-7-8-10-13-16-19-22-25-28-31(33(36)37)29-26-23-20-17-14-11-9-12-15-18-21-24-27-30-32(34)35/h28H,2-27,29-30H2,1H3,(H,34,35)(H,36,37). The average molecular weight is 523 g/mol. The van der Waals surface area contributed by atoms with E-state index in [0.717, 1.165) is 44.9 Å². The highest BCUT2D eigenvalue weighted by Gasteiger charge is 2.06. The second-order valence-electron chi connectivity index (χ2n) is 11.2. The molecule has 0 aromatic rings. The maximum Gasteiger partial charge on any atom is 0.331 e. The Hall–Kier alpha value is -1.32. The number of allylic oxidation sites excluding steroid dienone is 1. The predicted molar refractivity (Wildman–Crippen MR) is 158 cm³/mol. The number of rotatable bonds is 30. The summed E-state index contributed by atoms with van der Waals surface area (Å²) in [6.45, 7) is 2.27. The van der Waals surface area contributed by atoms with Gasteiger partial charge in [-0.05, 0) is 32.1 Å². The summed E-state index contributed by atoms with van der Waals surface area (Å²) in [6.07, 6.45) is 35.4. The Bertz CT molecular complexity index is 540. The van der Waals surface area contributed by atoms with Crippen molar-refractivity contribution in [1.82, 2.24) is 0 Å². The Morgan fingerprint density at radius 1 is 0.459 bits per heavy atom. The first-order valence-electron chi connectivity index (χ1n) is 16.2. The molecule has 0 aliphatic carbocycles. The van der Waals surface area contributed by atoms with E-state index in [1.165, 1.54) is 128 Å². The van der Waals surface area contributed by atoms with Crippen LogP contribution in [-0.2, 0) is 9.59 Å². The minimum absolute atomic E-state index is 0.313. The second kappa shape index (κ2) is 29.2. The molecule has 218 valence electrons. The zero-order valence-electron chi connectivity index (χ0n) is 24.6. The lowest BCUT2D eigenvalue weighted by Gasteiger charge is -2.05. The first-order valence-corrected chi connectivity index (χ1v) is 16.2. The molecule has 0 bridgehead atoms. The highest BCUT2D eigenvalue weighted by molar-refractivity contribution is 5.86. The molecule has 4 heteroatoms. The van der Waals surface area contributed by atoms with Crippen LogP contribution in [0.25, 0.3) is 0 Å². The van der Waals surface area contributed by atoms with Crippen molar-refractivity contribution >= 4 is 11.9 Å². The van der Waals surface area contributed by atoms with Crippen LogP contribution in [0.4, 0.5) is 0 Å². The molecule has 0 aromatic heterocycles. The van der Waals surface area contributed by atoms with Gasteiger partial charge in [0, 0.05) is 12.0 Å². The van der Waals surface area contributed by atoms with Crippen molar-refractivity contribution in [3.63, 3.8) is 0 Å². The quantitative estimate of drug-likeness (QED) is 0.0726. The smallest absolute Gasteiger partial charge is 0.331 e. The van der Waals surface area contributed by atoms with Gasteiger partial charge in [0.1, 0.15) is 0 Å². The lowest BCUT2D eigenvalue weighted by Crippen LogP contribution is -2.00. The minimum Gasteiger partial charge on any atom is -0.481 e. The zero-order valence-corrected chi connectivity index (χ0v) is 24.6. The highest BCUT2D eigenvalue weighted by Crippen LogP contribution is 2.17. The van der Waals surface area contributed by atoms with Gasteiger partial charge in [-0.3, -0.25) is 4.79 Å². The van der Waals surface area contributed by atoms with Gasteiger partial charge < -0.3 is 10.2 Å². The molecule has 2 N–H and O–H groups in total. The lowest BCUT2D eigenvalue weighted by atomic mass is 10.0. The van der Waals surface area contributed by atoms with Gasteiger partial charge in [0.05, 0.1) is 0 Å². The SMILES string of the molecule is CCCCCCCCCCCCCCC=C(CCCCCCCCCCCCCCCC(=O)O)C(=O)O. The van der Waals surface area contributed by atoms with Crippen molar-refractivity contribution in [1.29, 1.82) is 0 Å². The lowest BCUT2D eigenvalue weighted by molar-refractivity contribution is -0.137. The number of aliphatic carboxylic acids is 2. The Kier molecular flexibility index (Phi) is 28.2. The third-order valence-corrected chi connectivity index (χ3v) is 7.56. The van der Waals surface area contributed by atoms with Gasteiger partial charge >= 0.3 is 11.9 Å². The van der Waals surface area contributed by atoms with E-state index in [0.29, 0.717) is 12.0 Å². The molecule has 0 aliphatic heterocycles. The topological polar surface area (TPSA) is 74.6 Å². The summed E-state index contributed by atoms with van der Waals surface area (Å²) in [4.78, 5) is 22.0. The van der Waals surface area contributed by atoms with E-state index in [2.05, 4.69) is 6.92 Å². The Labute approximate surface area is 230 Å². The van der Waals surface area contributed by atoms with E-state index in [9.17, 15) is 14.7 Å². The predicted octanol–water partition coefficient (Wildman–Crippen LogP) is 11.0. The van der Waals surface area contributed by atoms with E-state index in [1.807, 2.05) is 6.08 Å². The van der Waals surface area contributed by atoms with Crippen LogP contribution < -0.4 is 0 Å². The Morgan fingerprint density at radius 3 is 1.14 bits per heavy atom. The van der Waals surface area contributed by atoms with Crippen LogP contribution in [0.1, 0.15) is 187 Å². The van der Waals surface area contributed by atoms with Crippen LogP contribution in [0.5, 0.6) is 0 Å². The fourth-order valence-electron chi connectivity index (χ4n) is 5.09. The van der Waals surface area contributed by atoms with Crippen molar-refractivity contribution in [3.8, 4) is 0 Å². The maximum atomic E-state index is 11.5. The summed E-state index contributed by atoms with van der Waals surface area (Å²) in [7, 11) is 0. The fraction of sp³-hybridized carbons (Fsp3) is 0.879. The number of carboxylic acids is 2. The van der Waals surface area contributed by atoms with Crippen molar-refractivity contribution in [2.24, 2.45) is 0 Å². The van der Waals surface area contributed by atoms with Crippen LogP contribution in [0.2, 0.25) is 0 Å². The number of hydrogen-bond donors (Lipinski definition) is 2. The summed E-state index contributed by atoms with van der Waals surface area (Å²) in [5.74, 6) is -1.40. The molecule has 0 saturated heterocycles. The first kappa shape index (κ1) is 35.7. The van der Waals surface area contributed by atoms with Crippen LogP contribution in [0, 0.1) is 0 Å². The fourth-order valence-corrected chi connectivity index (χ4v) is 5.09. The summed E-state index contributed by atoms with van der Waals surface area (Å²) in [5.41, 5.74) is 0.631. The number of unbranched alkanes of at least 4 members (excludes halogenated alkanes) is 24. The Morgan fingerprint density at radius 2 is 0.784 bits per heavy atom. The van der Waals surface area contributed by atoms with E-state index < -0.39 is 11.9 Å². The van der Waals surface area contributed by atoms with Gasteiger partial charge in [0.2, 0.25) is 0 Å². The Balaban J connectivity index is 3.48. The summed E-state index contributed by atoms with van der Waals surface area (Å²) in [6, 6.07) is 0. The summed E-state index contributed by atoms with van der Waals surface area (Å²) in [5, 5.41) is 18.1. The molecule has 0 unspecified atom stereocenters. The van der Waals surface area contributed by atoms with Crippen molar-refractivity contribution < 1.29 is 19.8 Å². The van der Waals surface area contributed by atoms with E-state index >= 15 is 0 Å². The van der Waals surface area contributed by atoms with Crippen molar-refractivity contribution in [3.05, 3.63) is 11.6 Å². The van der Waals surface area contributed by atoms with Gasteiger partial charge in [-0.15, -0.1) is 0 Å². The van der Waals surface area contributed by atoms with Crippen LogP contribution >= 0.6 is 0 Å². The monoisotopic (exact) mass is 522 g/mol. The molecular weight excluding hydrogens is 460 g/mol. The molecule has 0 amide bonds. The van der Waals surface area contributed by atoms with Gasteiger partial charge in [-0.1, -0.05) is 154 Å². The zero-order chi connectivity index (χ0) is 27.2. The molecule has 0 atom stereocenters. The van der Waals surface area contributed by atoms with Crippen molar-refractivity contribution in [2.45, 2.75) is 187 Å². The molecule has 0 rings (SSSR count). The first-order chi connectivity index (χ1) is 18.1. The van der Waals surface area contributed by atoms with Crippen LogP contribution in [0.15, 0.2) is 11.6 Å². The van der Waals surface area contributed by atoms with E-state index in [-0.39, 0.29) is 0 Å². The minimum atomic E-state index is -0.721. The number of carbonyl (C=O) groups is 2. The average Bonchev–Trinajstić information content (AvgIpc) is 2.87. The van der Waals surface area contributed by atoms with Gasteiger partial charge in [0.15, 0.2) is 0 Å². The van der Waals surface area contributed by atoms with Gasteiger partial charge in [-0.2, -0.15) is 0 Å². The van der Waals surface area contributed by atoms with Crippen LogP contribution in [0.3, 0.4) is 0 Å². The highest BCUT2D eigenvalue weighted by atomic mass is 16.4. The molecule has 37 heavy (non-hydrogen) atoms.